The van der Waals surface area contributed by atoms with Gasteiger partial charge in [-0.05, 0) is 50.3 Å². The highest BCUT2D eigenvalue weighted by atomic mass is 14.9. The van der Waals surface area contributed by atoms with Crippen molar-refractivity contribution in [3.8, 4) is 0 Å². The monoisotopic (exact) mass is 242 g/mol. The second-order valence-electron chi connectivity index (χ2n) is 5.60. The summed E-state index contributed by atoms with van der Waals surface area (Å²) in [4.78, 5) is 3.44. The van der Waals surface area contributed by atoms with Gasteiger partial charge in [-0.25, -0.2) is 0 Å². The third kappa shape index (κ3) is 1.95. The number of para-hydroxylation sites is 1. The smallest absolute Gasteiger partial charge is 0.0486 e. The maximum Gasteiger partial charge on any atom is 0.0486 e. The van der Waals surface area contributed by atoms with E-state index >= 15 is 0 Å². The highest BCUT2D eigenvalue weighted by molar-refractivity contribution is 5.85. The van der Waals surface area contributed by atoms with E-state index in [-0.39, 0.29) is 0 Å². The molecule has 2 aromatic rings. The van der Waals surface area contributed by atoms with E-state index in [1.54, 1.807) is 0 Å². The summed E-state index contributed by atoms with van der Waals surface area (Å²) in [7, 11) is 2.10. The predicted molar refractivity (Wildman–Crippen MR) is 76.9 cm³/mol. The van der Waals surface area contributed by atoms with Gasteiger partial charge < -0.3 is 10.3 Å². The van der Waals surface area contributed by atoms with Gasteiger partial charge in [-0.1, -0.05) is 24.6 Å². The maximum atomic E-state index is 3.48. The van der Waals surface area contributed by atoms with Crippen molar-refractivity contribution in [2.24, 2.45) is 5.92 Å². The maximum absolute atomic E-state index is 3.48. The lowest BCUT2D eigenvalue weighted by Gasteiger charge is -2.18. The van der Waals surface area contributed by atoms with Crippen LogP contribution in [-0.4, -0.2) is 18.1 Å². The van der Waals surface area contributed by atoms with Gasteiger partial charge in [0.25, 0.3) is 0 Å². The van der Waals surface area contributed by atoms with Crippen molar-refractivity contribution in [1.29, 1.82) is 0 Å². The van der Waals surface area contributed by atoms with E-state index in [2.05, 4.69) is 48.7 Å². The van der Waals surface area contributed by atoms with Crippen LogP contribution < -0.4 is 5.32 Å². The summed E-state index contributed by atoms with van der Waals surface area (Å²) in [5, 5.41) is 4.89. The molecule has 2 heteroatoms. The van der Waals surface area contributed by atoms with Gasteiger partial charge in [0, 0.05) is 23.1 Å². The van der Waals surface area contributed by atoms with Gasteiger partial charge in [0.15, 0.2) is 0 Å². The lowest BCUT2D eigenvalue weighted by molar-refractivity contribution is 0.424. The van der Waals surface area contributed by atoms with E-state index in [4.69, 9.17) is 0 Å². The number of benzene rings is 1. The minimum atomic E-state index is 0.708. The van der Waals surface area contributed by atoms with Crippen molar-refractivity contribution >= 4 is 10.9 Å². The molecular formula is C16H22N2. The average molecular weight is 242 g/mol. The molecular weight excluding hydrogens is 220 g/mol. The number of nitrogens with one attached hydrogen (secondary N) is 2. The molecule has 1 aromatic heterocycles. The van der Waals surface area contributed by atoms with Crippen LogP contribution in [-0.2, 0) is 6.42 Å². The topological polar surface area (TPSA) is 27.8 Å². The van der Waals surface area contributed by atoms with E-state index in [1.807, 2.05) is 0 Å². The summed E-state index contributed by atoms with van der Waals surface area (Å²) in [6, 6.07) is 7.30. The first-order valence-electron chi connectivity index (χ1n) is 7.02. The minimum Gasteiger partial charge on any atom is -0.361 e. The van der Waals surface area contributed by atoms with Gasteiger partial charge in [-0.2, -0.15) is 0 Å². The summed E-state index contributed by atoms with van der Waals surface area (Å²) >= 11 is 0. The first kappa shape index (κ1) is 11.8. The molecule has 18 heavy (non-hydrogen) atoms. The number of hydrogen-bond donors (Lipinski definition) is 2. The summed E-state index contributed by atoms with van der Waals surface area (Å²) in [6.07, 6.45) is 7.49. The minimum absolute atomic E-state index is 0.708. The Kier molecular flexibility index (Phi) is 3.13. The highest BCUT2D eigenvalue weighted by Crippen LogP contribution is 2.31. The van der Waals surface area contributed by atoms with Gasteiger partial charge in [0.05, 0.1) is 0 Å². The second kappa shape index (κ2) is 4.77. The second-order valence-corrected chi connectivity index (χ2v) is 5.60. The molecule has 2 unspecified atom stereocenters. The molecule has 0 saturated heterocycles. The predicted octanol–water partition coefficient (Wildman–Crippen LogP) is 3.41. The molecule has 1 aliphatic rings. The largest absolute Gasteiger partial charge is 0.361 e. The lowest BCUT2D eigenvalue weighted by atomic mass is 9.94. The van der Waals surface area contributed by atoms with E-state index in [9.17, 15) is 0 Å². The molecule has 1 fully saturated rings. The molecule has 2 N–H and O–H groups in total. The average Bonchev–Trinajstić information content (AvgIpc) is 2.98. The van der Waals surface area contributed by atoms with Crippen LogP contribution in [0.2, 0.25) is 0 Å². The first-order chi connectivity index (χ1) is 8.79. The van der Waals surface area contributed by atoms with Crippen LogP contribution in [0.3, 0.4) is 0 Å². The highest BCUT2D eigenvalue weighted by Gasteiger charge is 2.26. The van der Waals surface area contributed by atoms with Crippen LogP contribution in [0.15, 0.2) is 24.4 Å². The summed E-state index contributed by atoms with van der Waals surface area (Å²) in [5.74, 6) is 0.800. The summed E-state index contributed by atoms with van der Waals surface area (Å²) in [5.41, 5.74) is 4.14. The number of aryl methyl sites for hydroxylation is 1. The van der Waals surface area contributed by atoms with Crippen LogP contribution in [0.1, 0.15) is 30.4 Å². The van der Waals surface area contributed by atoms with Crippen molar-refractivity contribution in [3.63, 3.8) is 0 Å². The third-order valence-corrected chi connectivity index (χ3v) is 4.52. The van der Waals surface area contributed by atoms with Crippen molar-refractivity contribution in [3.05, 3.63) is 35.5 Å². The fourth-order valence-electron chi connectivity index (χ4n) is 3.48. The van der Waals surface area contributed by atoms with E-state index < -0.39 is 0 Å². The molecule has 0 aliphatic heterocycles. The standard InChI is InChI=1S/C16H22N2/c1-11-5-3-7-14-13(10-18-16(11)14)9-12-6-4-8-15(12)17-2/h3,5,7,10,12,15,17-18H,4,6,8-9H2,1-2H3. The molecule has 1 aromatic carbocycles. The summed E-state index contributed by atoms with van der Waals surface area (Å²) < 4.78 is 0. The third-order valence-electron chi connectivity index (χ3n) is 4.52. The molecule has 2 nitrogen and oxygen atoms in total. The first-order valence-corrected chi connectivity index (χ1v) is 7.02. The molecule has 0 amide bonds. The van der Waals surface area contributed by atoms with Crippen molar-refractivity contribution in [2.75, 3.05) is 7.05 Å². The zero-order valence-corrected chi connectivity index (χ0v) is 11.3. The Labute approximate surface area is 109 Å². The normalized spacial score (nSPS) is 23.9. The van der Waals surface area contributed by atoms with Crippen LogP contribution >= 0.6 is 0 Å². The summed E-state index contributed by atoms with van der Waals surface area (Å²) in [6.45, 7) is 2.18. The van der Waals surface area contributed by atoms with E-state index in [0.717, 1.165) is 5.92 Å². The van der Waals surface area contributed by atoms with Crippen LogP contribution in [0.25, 0.3) is 10.9 Å². The van der Waals surface area contributed by atoms with Crippen LogP contribution in [0.5, 0.6) is 0 Å². The number of rotatable bonds is 3. The number of aromatic nitrogens is 1. The van der Waals surface area contributed by atoms with Crippen LogP contribution in [0, 0.1) is 12.8 Å². The Morgan fingerprint density at radius 1 is 1.33 bits per heavy atom. The van der Waals surface area contributed by atoms with Gasteiger partial charge in [-0.3, -0.25) is 0 Å². The van der Waals surface area contributed by atoms with Gasteiger partial charge >= 0.3 is 0 Å². The fourth-order valence-corrected chi connectivity index (χ4v) is 3.48. The molecule has 0 spiro atoms. The number of aromatic amines is 1. The molecule has 96 valence electrons. The van der Waals surface area contributed by atoms with E-state index in [1.165, 1.54) is 47.7 Å². The van der Waals surface area contributed by atoms with Gasteiger partial charge in [0.2, 0.25) is 0 Å². The number of H-pyrrole nitrogens is 1. The SMILES string of the molecule is CNC1CCCC1Cc1c[nH]c2c(C)cccc12. The lowest BCUT2D eigenvalue weighted by Crippen LogP contribution is -2.29. The Balaban J connectivity index is 1.89. The molecule has 0 bridgehead atoms. The zero-order valence-electron chi connectivity index (χ0n) is 11.3. The van der Waals surface area contributed by atoms with Crippen molar-refractivity contribution < 1.29 is 0 Å². The molecule has 1 aliphatic carbocycles. The Bertz CT molecular complexity index is 541. The van der Waals surface area contributed by atoms with Gasteiger partial charge in [-0.15, -0.1) is 0 Å². The Morgan fingerprint density at radius 3 is 3.06 bits per heavy atom. The molecule has 2 atom stereocenters. The Morgan fingerprint density at radius 2 is 2.22 bits per heavy atom. The molecule has 1 saturated carbocycles. The van der Waals surface area contributed by atoms with Crippen molar-refractivity contribution in [1.82, 2.24) is 10.3 Å². The zero-order chi connectivity index (χ0) is 12.5. The molecule has 3 rings (SSSR count). The molecule has 1 heterocycles. The number of hydrogen-bond acceptors (Lipinski definition) is 1. The molecule has 0 radical (unpaired) electrons. The van der Waals surface area contributed by atoms with Crippen molar-refractivity contribution in [2.45, 2.75) is 38.6 Å². The van der Waals surface area contributed by atoms with Crippen LogP contribution in [0.4, 0.5) is 0 Å². The quantitative estimate of drug-likeness (QED) is 0.848. The fraction of sp³-hybridized carbons (Fsp3) is 0.500. The van der Waals surface area contributed by atoms with E-state index in [0.29, 0.717) is 6.04 Å². The Hall–Kier alpha value is -1.28. The van der Waals surface area contributed by atoms with Gasteiger partial charge in [0.1, 0.15) is 0 Å². The number of fused-ring (bicyclic) bond motifs is 1.